The molecule has 0 fully saturated rings. The summed E-state index contributed by atoms with van der Waals surface area (Å²) >= 11 is 0. The Kier molecular flexibility index (Phi) is 2.83. The minimum atomic E-state index is 0.418. The molecule has 5 heteroatoms. The Labute approximate surface area is 106 Å². The number of fused-ring (bicyclic) bond motifs is 1. The van der Waals surface area contributed by atoms with E-state index < -0.39 is 0 Å². The first-order chi connectivity index (χ1) is 8.79. The molecule has 1 aliphatic carbocycles. The molecule has 0 amide bonds. The molecule has 0 aromatic carbocycles. The quantitative estimate of drug-likeness (QED) is 0.869. The van der Waals surface area contributed by atoms with Gasteiger partial charge in [0.2, 0.25) is 0 Å². The topological polar surface area (TPSA) is 55.6 Å². The molecule has 94 valence electrons. The van der Waals surface area contributed by atoms with Crippen molar-refractivity contribution in [2.75, 3.05) is 7.05 Å². The van der Waals surface area contributed by atoms with E-state index in [4.69, 9.17) is 0 Å². The van der Waals surface area contributed by atoms with Crippen molar-refractivity contribution in [1.82, 2.24) is 25.3 Å². The highest BCUT2D eigenvalue weighted by Gasteiger charge is 2.23. The van der Waals surface area contributed by atoms with Crippen LogP contribution in [0.3, 0.4) is 0 Å². The molecule has 5 nitrogen and oxygen atoms in total. The number of nitrogens with zero attached hydrogens (tertiary/aromatic N) is 4. The van der Waals surface area contributed by atoms with Crippen LogP contribution in [0.5, 0.6) is 0 Å². The minimum absolute atomic E-state index is 0.418. The molecule has 18 heavy (non-hydrogen) atoms. The van der Waals surface area contributed by atoms with Gasteiger partial charge in [0.05, 0.1) is 17.6 Å². The maximum absolute atomic E-state index is 4.47. The van der Waals surface area contributed by atoms with Crippen LogP contribution >= 0.6 is 0 Å². The Hall–Kier alpha value is -1.75. The third-order valence-corrected chi connectivity index (χ3v) is 3.53. The number of hydrogen-bond donors (Lipinski definition) is 1. The lowest BCUT2D eigenvalue weighted by molar-refractivity contribution is 0.489. The number of aryl methyl sites for hydroxylation is 1. The second-order valence-electron chi connectivity index (χ2n) is 4.72. The van der Waals surface area contributed by atoms with Crippen molar-refractivity contribution < 1.29 is 0 Å². The van der Waals surface area contributed by atoms with Gasteiger partial charge in [-0.05, 0) is 45.4 Å². The lowest BCUT2D eigenvalue weighted by Gasteiger charge is -2.22. The molecule has 0 radical (unpaired) electrons. The van der Waals surface area contributed by atoms with Crippen molar-refractivity contribution >= 4 is 0 Å². The molecule has 1 N–H and O–H groups in total. The lowest BCUT2D eigenvalue weighted by Crippen LogP contribution is -2.22. The third-order valence-electron chi connectivity index (χ3n) is 3.53. The monoisotopic (exact) mass is 243 g/mol. The maximum atomic E-state index is 4.47. The van der Waals surface area contributed by atoms with E-state index >= 15 is 0 Å². The standard InChI is InChI=1S/C13H17N5/c1-9-6-7-13(17-16-9)18-12-5-3-4-11(14-2)10(12)8-15-18/h6-8,11,14H,3-5H2,1-2H3. The molecule has 0 saturated carbocycles. The van der Waals surface area contributed by atoms with Gasteiger partial charge in [-0.1, -0.05) is 0 Å². The van der Waals surface area contributed by atoms with Crippen LogP contribution < -0.4 is 5.32 Å². The third kappa shape index (κ3) is 1.80. The summed E-state index contributed by atoms with van der Waals surface area (Å²) in [4.78, 5) is 0. The number of aromatic nitrogens is 4. The first-order valence-corrected chi connectivity index (χ1v) is 6.34. The van der Waals surface area contributed by atoms with Crippen molar-refractivity contribution in [3.63, 3.8) is 0 Å². The molecule has 2 heterocycles. The average Bonchev–Trinajstić information content (AvgIpc) is 2.83. The van der Waals surface area contributed by atoms with Crippen molar-refractivity contribution in [3.8, 4) is 5.82 Å². The molecule has 2 aromatic heterocycles. The van der Waals surface area contributed by atoms with Crippen LogP contribution in [0.2, 0.25) is 0 Å². The van der Waals surface area contributed by atoms with Gasteiger partial charge in [0.1, 0.15) is 0 Å². The highest BCUT2D eigenvalue weighted by atomic mass is 15.3. The second kappa shape index (κ2) is 4.49. The van der Waals surface area contributed by atoms with E-state index in [-0.39, 0.29) is 0 Å². The van der Waals surface area contributed by atoms with E-state index in [1.54, 1.807) is 0 Å². The zero-order valence-corrected chi connectivity index (χ0v) is 10.7. The molecule has 0 aliphatic heterocycles. The van der Waals surface area contributed by atoms with Gasteiger partial charge in [-0.2, -0.15) is 10.2 Å². The van der Waals surface area contributed by atoms with Gasteiger partial charge in [0.15, 0.2) is 5.82 Å². The number of nitrogens with one attached hydrogen (secondary N) is 1. The van der Waals surface area contributed by atoms with Crippen LogP contribution in [0.15, 0.2) is 18.3 Å². The summed E-state index contributed by atoms with van der Waals surface area (Å²) in [7, 11) is 2.00. The van der Waals surface area contributed by atoms with E-state index in [0.29, 0.717) is 6.04 Å². The van der Waals surface area contributed by atoms with Crippen molar-refractivity contribution in [2.24, 2.45) is 0 Å². The van der Waals surface area contributed by atoms with Gasteiger partial charge >= 0.3 is 0 Å². The molecule has 2 aromatic rings. The Morgan fingerprint density at radius 2 is 2.22 bits per heavy atom. The summed E-state index contributed by atoms with van der Waals surface area (Å²) < 4.78 is 1.92. The predicted octanol–water partition coefficient (Wildman–Crippen LogP) is 1.57. The van der Waals surface area contributed by atoms with Gasteiger partial charge in [-0.3, -0.25) is 0 Å². The smallest absolute Gasteiger partial charge is 0.175 e. The van der Waals surface area contributed by atoms with Gasteiger partial charge in [-0.15, -0.1) is 5.10 Å². The molecule has 1 unspecified atom stereocenters. The van der Waals surface area contributed by atoms with Crippen molar-refractivity contribution in [1.29, 1.82) is 0 Å². The van der Waals surface area contributed by atoms with Crippen molar-refractivity contribution in [3.05, 3.63) is 35.3 Å². The first kappa shape index (κ1) is 11.3. The Balaban J connectivity index is 2.04. The molecule has 3 rings (SSSR count). The van der Waals surface area contributed by atoms with E-state index in [0.717, 1.165) is 17.9 Å². The normalized spacial score (nSPS) is 18.7. The predicted molar refractivity (Wildman–Crippen MR) is 68.6 cm³/mol. The Morgan fingerprint density at radius 3 is 2.94 bits per heavy atom. The summed E-state index contributed by atoms with van der Waals surface area (Å²) in [5, 5.41) is 16.1. The van der Waals surface area contributed by atoms with Gasteiger partial charge in [0.25, 0.3) is 0 Å². The second-order valence-corrected chi connectivity index (χ2v) is 4.72. The fourth-order valence-corrected chi connectivity index (χ4v) is 2.56. The van der Waals surface area contributed by atoms with E-state index in [1.807, 2.05) is 37.0 Å². The van der Waals surface area contributed by atoms with Crippen LogP contribution in [0.4, 0.5) is 0 Å². The molecule has 1 aliphatic rings. The summed E-state index contributed by atoms with van der Waals surface area (Å²) in [5.41, 5.74) is 3.48. The first-order valence-electron chi connectivity index (χ1n) is 6.34. The molecular weight excluding hydrogens is 226 g/mol. The largest absolute Gasteiger partial charge is 0.313 e. The highest BCUT2D eigenvalue weighted by molar-refractivity contribution is 5.32. The van der Waals surface area contributed by atoms with Crippen LogP contribution in [0.25, 0.3) is 5.82 Å². The van der Waals surface area contributed by atoms with Crippen LogP contribution in [-0.2, 0) is 6.42 Å². The number of rotatable bonds is 2. The summed E-state index contributed by atoms with van der Waals surface area (Å²) in [6.45, 7) is 1.94. The molecular formula is C13H17N5. The Morgan fingerprint density at radius 1 is 1.33 bits per heavy atom. The number of hydrogen-bond acceptors (Lipinski definition) is 4. The summed E-state index contributed by atoms with van der Waals surface area (Å²) in [6, 6.07) is 4.36. The SMILES string of the molecule is CNC1CCCc2c1cnn2-c1ccc(C)nn1. The fraction of sp³-hybridized carbons (Fsp3) is 0.462. The zero-order chi connectivity index (χ0) is 12.5. The van der Waals surface area contributed by atoms with Crippen molar-refractivity contribution in [2.45, 2.75) is 32.2 Å². The van der Waals surface area contributed by atoms with Crippen LogP contribution in [0, 0.1) is 6.92 Å². The molecule has 0 bridgehead atoms. The lowest BCUT2D eigenvalue weighted by atomic mass is 9.93. The van der Waals surface area contributed by atoms with E-state index in [9.17, 15) is 0 Å². The van der Waals surface area contributed by atoms with Gasteiger partial charge in [-0.25, -0.2) is 4.68 Å². The maximum Gasteiger partial charge on any atom is 0.175 e. The molecule has 0 spiro atoms. The fourth-order valence-electron chi connectivity index (χ4n) is 2.56. The summed E-state index contributed by atoms with van der Waals surface area (Å²) in [6.07, 6.45) is 5.37. The summed E-state index contributed by atoms with van der Waals surface area (Å²) in [5.74, 6) is 0.804. The van der Waals surface area contributed by atoms with Gasteiger partial charge in [0, 0.05) is 11.6 Å². The van der Waals surface area contributed by atoms with E-state index in [1.165, 1.54) is 24.1 Å². The Bertz CT molecular complexity index is 543. The van der Waals surface area contributed by atoms with Crippen LogP contribution in [0.1, 0.15) is 35.8 Å². The highest BCUT2D eigenvalue weighted by Crippen LogP contribution is 2.30. The van der Waals surface area contributed by atoms with Gasteiger partial charge < -0.3 is 5.32 Å². The van der Waals surface area contributed by atoms with Crippen LogP contribution in [-0.4, -0.2) is 27.0 Å². The molecule has 1 atom stereocenters. The minimum Gasteiger partial charge on any atom is -0.313 e. The van der Waals surface area contributed by atoms with E-state index in [2.05, 4.69) is 20.6 Å². The average molecular weight is 243 g/mol. The molecule has 0 saturated heterocycles. The zero-order valence-electron chi connectivity index (χ0n) is 10.7.